The molecule has 0 fully saturated rings. The van der Waals surface area contributed by atoms with Crippen LogP contribution in [0.3, 0.4) is 0 Å². The van der Waals surface area contributed by atoms with Gasteiger partial charge in [0.05, 0.1) is 0 Å². The molecule has 4 heteroatoms. The summed E-state index contributed by atoms with van der Waals surface area (Å²) in [5, 5.41) is 2.30. The summed E-state index contributed by atoms with van der Waals surface area (Å²) < 4.78 is 15.6. The Morgan fingerprint density at radius 2 is 2.40 bits per heavy atom. The molecule has 0 aliphatic rings. The predicted octanol–water partition coefficient (Wildman–Crippen LogP) is 1.56. The van der Waals surface area contributed by atoms with E-state index in [9.17, 15) is 9.18 Å². The molecule has 3 nitrogen and oxygen atoms in total. The number of rotatable bonds is 3. The summed E-state index contributed by atoms with van der Waals surface area (Å²) in [6, 6.07) is -1.09. The normalized spacial score (nSPS) is 8.60. The first-order valence-corrected chi connectivity index (χ1v) is 2.97. The average Bonchev–Trinajstić information content (AvgIpc) is 1.82. The molecule has 0 aromatic carbocycles. The van der Waals surface area contributed by atoms with Gasteiger partial charge >= 0.3 is 6.09 Å². The van der Waals surface area contributed by atoms with E-state index >= 15 is 0 Å². The van der Waals surface area contributed by atoms with Crippen molar-refractivity contribution in [2.45, 2.75) is 13.3 Å². The fraction of sp³-hybridized carbons (Fsp3) is 0.500. The molecule has 10 heavy (non-hydrogen) atoms. The second kappa shape index (κ2) is 4.78. The SMILES string of the molecule is C=C(F)OC(=O)NCCC. The number of alkyl carbamates (subject to hydrolysis) is 1. The summed E-state index contributed by atoms with van der Waals surface area (Å²) in [6.07, 6.45) is -0.0113. The third kappa shape index (κ3) is 5.08. The van der Waals surface area contributed by atoms with E-state index < -0.39 is 12.1 Å². The van der Waals surface area contributed by atoms with Gasteiger partial charge in [0.15, 0.2) is 0 Å². The highest BCUT2D eigenvalue weighted by Gasteiger charge is 2.00. The van der Waals surface area contributed by atoms with Crippen LogP contribution in [0.15, 0.2) is 12.6 Å². The average molecular weight is 147 g/mol. The van der Waals surface area contributed by atoms with Crippen LogP contribution in [-0.2, 0) is 4.74 Å². The van der Waals surface area contributed by atoms with E-state index in [0.717, 1.165) is 6.42 Å². The first kappa shape index (κ1) is 8.94. The van der Waals surface area contributed by atoms with Gasteiger partial charge in [-0.15, -0.1) is 0 Å². The van der Waals surface area contributed by atoms with Gasteiger partial charge in [0, 0.05) is 6.54 Å². The van der Waals surface area contributed by atoms with Gasteiger partial charge in [-0.25, -0.2) is 4.79 Å². The predicted molar refractivity (Wildman–Crippen MR) is 35.0 cm³/mol. The number of carbonyl (C=O) groups is 1. The van der Waals surface area contributed by atoms with Crippen molar-refractivity contribution in [3.8, 4) is 0 Å². The lowest BCUT2D eigenvalue weighted by molar-refractivity contribution is 0.152. The van der Waals surface area contributed by atoms with Crippen LogP contribution in [0, 0.1) is 0 Å². The molecule has 0 radical (unpaired) electrons. The van der Waals surface area contributed by atoms with Crippen LogP contribution in [0.2, 0.25) is 0 Å². The summed E-state index contributed by atoms with van der Waals surface area (Å²) in [6.45, 7) is 5.11. The van der Waals surface area contributed by atoms with Gasteiger partial charge < -0.3 is 10.1 Å². The molecule has 0 heterocycles. The lowest BCUT2D eigenvalue weighted by Gasteiger charge is -2.00. The largest absolute Gasteiger partial charge is 0.414 e. The number of carbonyl (C=O) groups excluding carboxylic acids is 1. The maximum atomic E-state index is 11.7. The summed E-state index contributed by atoms with van der Waals surface area (Å²) in [5.41, 5.74) is 0. The van der Waals surface area contributed by atoms with Crippen molar-refractivity contribution in [1.82, 2.24) is 5.32 Å². The number of amides is 1. The first-order chi connectivity index (χ1) is 4.66. The van der Waals surface area contributed by atoms with Crippen LogP contribution >= 0.6 is 0 Å². The topological polar surface area (TPSA) is 38.3 Å². The van der Waals surface area contributed by atoms with Crippen LogP contribution in [0.4, 0.5) is 9.18 Å². The zero-order chi connectivity index (χ0) is 7.98. The van der Waals surface area contributed by atoms with Crippen molar-refractivity contribution in [3.05, 3.63) is 12.6 Å². The Balaban J connectivity index is 3.35. The minimum Gasteiger partial charge on any atom is -0.383 e. The fourth-order valence-electron chi connectivity index (χ4n) is 0.364. The number of hydrogen-bond donors (Lipinski definition) is 1. The van der Waals surface area contributed by atoms with Crippen LogP contribution in [0.5, 0.6) is 0 Å². The zero-order valence-corrected chi connectivity index (χ0v) is 5.82. The van der Waals surface area contributed by atoms with E-state index in [2.05, 4.69) is 16.6 Å². The molecule has 0 rings (SSSR count). The van der Waals surface area contributed by atoms with Crippen molar-refractivity contribution in [2.24, 2.45) is 0 Å². The number of nitrogens with one attached hydrogen (secondary N) is 1. The van der Waals surface area contributed by atoms with Crippen LogP contribution in [0.1, 0.15) is 13.3 Å². The maximum absolute atomic E-state index is 11.7. The Morgan fingerprint density at radius 1 is 1.80 bits per heavy atom. The Hall–Kier alpha value is -1.06. The maximum Gasteiger partial charge on any atom is 0.414 e. The smallest absolute Gasteiger partial charge is 0.383 e. The molecule has 1 N–H and O–H groups in total. The summed E-state index contributed by atoms with van der Waals surface area (Å²) in [5.74, 6) is 0. The summed E-state index contributed by atoms with van der Waals surface area (Å²) in [7, 11) is 0. The van der Waals surface area contributed by atoms with Crippen molar-refractivity contribution in [3.63, 3.8) is 0 Å². The minimum absolute atomic E-state index is 0.478. The number of hydrogen-bond acceptors (Lipinski definition) is 2. The van der Waals surface area contributed by atoms with Gasteiger partial charge in [-0.3, -0.25) is 0 Å². The second-order valence-corrected chi connectivity index (χ2v) is 1.67. The van der Waals surface area contributed by atoms with E-state index in [4.69, 9.17) is 0 Å². The monoisotopic (exact) mass is 147 g/mol. The highest BCUT2D eigenvalue weighted by molar-refractivity contribution is 5.67. The number of halogens is 1. The van der Waals surface area contributed by atoms with E-state index in [1.807, 2.05) is 6.92 Å². The molecule has 0 aromatic heterocycles. The Kier molecular flexibility index (Phi) is 4.28. The van der Waals surface area contributed by atoms with Crippen LogP contribution in [0.25, 0.3) is 0 Å². The Bertz CT molecular complexity index is 136. The molecular formula is C6H10FNO2. The van der Waals surface area contributed by atoms with Crippen molar-refractivity contribution < 1.29 is 13.9 Å². The van der Waals surface area contributed by atoms with Gasteiger partial charge in [-0.2, -0.15) is 4.39 Å². The molecule has 58 valence electrons. The summed E-state index contributed by atoms with van der Waals surface area (Å²) >= 11 is 0. The highest BCUT2D eigenvalue weighted by Crippen LogP contribution is 1.92. The quantitative estimate of drug-likeness (QED) is 0.615. The molecule has 0 bridgehead atoms. The van der Waals surface area contributed by atoms with Gasteiger partial charge in [0.1, 0.15) is 0 Å². The van der Waals surface area contributed by atoms with Crippen LogP contribution in [-0.4, -0.2) is 12.6 Å². The van der Waals surface area contributed by atoms with Crippen molar-refractivity contribution >= 4 is 6.09 Å². The third-order valence-electron chi connectivity index (χ3n) is 0.723. The van der Waals surface area contributed by atoms with E-state index in [0.29, 0.717) is 6.54 Å². The second-order valence-electron chi connectivity index (χ2n) is 1.67. The van der Waals surface area contributed by atoms with Gasteiger partial charge in [-0.05, 0) is 13.0 Å². The fourth-order valence-corrected chi connectivity index (χ4v) is 0.364. The van der Waals surface area contributed by atoms with Crippen molar-refractivity contribution in [2.75, 3.05) is 6.54 Å². The molecule has 0 aliphatic heterocycles. The first-order valence-electron chi connectivity index (χ1n) is 2.97. The minimum atomic E-state index is -1.09. The molecule has 0 atom stereocenters. The molecule has 1 amide bonds. The van der Waals surface area contributed by atoms with Gasteiger partial charge in [0.25, 0.3) is 6.01 Å². The zero-order valence-electron chi connectivity index (χ0n) is 5.82. The summed E-state index contributed by atoms with van der Waals surface area (Å²) in [4.78, 5) is 10.4. The highest BCUT2D eigenvalue weighted by atomic mass is 19.1. The third-order valence-corrected chi connectivity index (χ3v) is 0.723. The lowest BCUT2D eigenvalue weighted by Crippen LogP contribution is -2.23. The molecule has 0 saturated carbocycles. The molecule has 0 aliphatic carbocycles. The standard InChI is InChI=1S/C6H10FNO2/c1-3-4-8-6(9)10-5(2)7/h2-4H2,1H3,(H,8,9). The molecule has 0 saturated heterocycles. The van der Waals surface area contributed by atoms with Gasteiger partial charge in [-0.1, -0.05) is 6.92 Å². The van der Waals surface area contributed by atoms with E-state index in [-0.39, 0.29) is 0 Å². The molecular weight excluding hydrogens is 137 g/mol. The van der Waals surface area contributed by atoms with Gasteiger partial charge in [0.2, 0.25) is 0 Å². The van der Waals surface area contributed by atoms with Crippen molar-refractivity contribution in [1.29, 1.82) is 0 Å². The molecule has 0 spiro atoms. The Morgan fingerprint density at radius 3 is 2.80 bits per heavy atom. The van der Waals surface area contributed by atoms with Crippen LogP contribution < -0.4 is 5.32 Å². The molecule has 0 unspecified atom stereocenters. The lowest BCUT2D eigenvalue weighted by atomic mass is 10.5. The van der Waals surface area contributed by atoms with E-state index in [1.165, 1.54) is 0 Å². The number of ether oxygens (including phenoxy) is 1. The van der Waals surface area contributed by atoms with E-state index in [1.54, 1.807) is 0 Å². The molecule has 0 aromatic rings. The Labute approximate surface area is 58.9 Å².